The Morgan fingerprint density at radius 2 is 1.62 bits per heavy atom. The average Bonchev–Trinajstić information content (AvgIpc) is 3.06. The molecule has 2 aromatic carbocycles. The Bertz CT molecular complexity index is 944. The summed E-state index contributed by atoms with van der Waals surface area (Å²) in [5.74, 6) is 0.994. The van der Waals surface area contributed by atoms with Gasteiger partial charge in [0.15, 0.2) is 15.0 Å². The van der Waals surface area contributed by atoms with Crippen molar-refractivity contribution in [2.45, 2.75) is 17.8 Å². The first-order chi connectivity index (χ1) is 12.4. The van der Waals surface area contributed by atoms with Crippen molar-refractivity contribution in [2.75, 3.05) is 16.4 Å². The van der Waals surface area contributed by atoms with Crippen molar-refractivity contribution in [2.24, 2.45) is 4.99 Å². The normalized spacial score (nSPS) is 23.8. The zero-order valence-corrected chi connectivity index (χ0v) is 16.8. The minimum absolute atomic E-state index is 0.118. The van der Waals surface area contributed by atoms with Gasteiger partial charge in [0, 0.05) is 21.5 Å². The van der Waals surface area contributed by atoms with Crippen molar-refractivity contribution < 1.29 is 8.42 Å². The first kappa shape index (κ1) is 18.2. The van der Waals surface area contributed by atoms with Crippen molar-refractivity contribution in [3.8, 4) is 0 Å². The fourth-order valence-corrected chi connectivity index (χ4v) is 6.44. The van der Waals surface area contributed by atoms with Crippen LogP contribution in [0, 0.1) is 0 Å². The van der Waals surface area contributed by atoms with E-state index in [0.717, 1.165) is 22.2 Å². The number of halogens is 2. The Hall–Kier alpha value is -1.21. The summed E-state index contributed by atoms with van der Waals surface area (Å²) in [7, 11) is -3.05. The lowest BCUT2D eigenvalue weighted by Gasteiger charge is -2.26. The van der Waals surface area contributed by atoms with E-state index in [1.807, 2.05) is 53.4 Å². The van der Waals surface area contributed by atoms with E-state index >= 15 is 0 Å². The van der Waals surface area contributed by atoms with Crippen LogP contribution in [-0.4, -0.2) is 37.2 Å². The van der Waals surface area contributed by atoms with Crippen LogP contribution in [0.2, 0.25) is 10.0 Å². The molecule has 0 unspecified atom stereocenters. The van der Waals surface area contributed by atoms with Crippen molar-refractivity contribution >= 4 is 55.7 Å². The molecule has 0 aliphatic carbocycles. The molecule has 136 valence electrons. The third-order valence-corrected chi connectivity index (χ3v) is 7.73. The highest BCUT2D eigenvalue weighted by atomic mass is 35.5. The van der Waals surface area contributed by atoms with E-state index in [0.29, 0.717) is 10.0 Å². The number of hydrogen-bond donors (Lipinski definition) is 0. The third kappa shape index (κ3) is 3.74. The molecule has 1 fully saturated rings. The zero-order chi connectivity index (χ0) is 18.3. The van der Waals surface area contributed by atoms with E-state index in [-0.39, 0.29) is 23.6 Å². The number of fused-ring (bicyclic) bond motifs is 1. The number of amidine groups is 1. The van der Waals surface area contributed by atoms with Crippen LogP contribution in [0.3, 0.4) is 0 Å². The van der Waals surface area contributed by atoms with E-state index < -0.39 is 9.84 Å². The van der Waals surface area contributed by atoms with Crippen LogP contribution < -0.4 is 4.90 Å². The SMILES string of the molecule is O=S1(=O)C[C@H]2N=C(SCc3ccc(Cl)cc3)N(c3ccc(Cl)cc3)[C@H]2C1. The monoisotopic (exact) mass is 426 g/mol. The lowest BCUT2D eigenvalue weighted by atomic mass is 10.1. The third-order valence-electron chi connectivity index (χ3n) is 4.49. The van der Waals surface area contributed by atoms with E-state index in [1.54, 1.807) is 11.8 Å². The van der Waals surface area contributed by atoms with Crippen LogP contribution in [0.1, 0.15) is 5.56 Å². The molecule has 4 rings (SSSR count). The fourth-order valence-electron chi connectivity index (χ4n) is 3.27. The Morgan fingerprint density at radius 3 is 2.27 bits per heavy atom. The van der Waals surface area contributed by atoms with E-state index in [9.17, 15) is 8.42 Å². The molecule has 0 radical (unpaired) electrons. The molecule has 2 atom stereocenters. The Balaban J connectivity index is 1.60. The summed E-state index contributed by atoms with van der Waals surface area (Å²) in [4.78, 5) is 6.77. The van der Waals surface area contributed by atoms with Crippen molar-refractivity contribution in [3.63, 3.8) is 0 Å². The van der Waals surface area contributed by atoms with Gasteiger partial charge in [0.2, 0.25) is 0 Å². The van der Waals surface area contributed by atoms with Gasteiger partial charge in [-0.05, 0) is 42.0 Å². The summed E-state index contributed by atoms with van der Waals surface area (Å²) in [5.41, 5.74) is 2.06. The number of rotatable bonds is 3. The van der Waals surface area contributed by atoms with Crippen molar-refractivity contribution in [1.82, 2.24) is 0 Å². The molecule has 2 aliphatic heterocycles. The van der Waals surface area contributed by atoms with Gasteiger partial charge in [0.1, 0.15) is 0 Å². The highest BCUT2D eigenvalue weighted by Gasteiger charge is 2.47. The van der Waals surface area contributed by atoms with Crippen LogP contribution in [0.5, 0.6) is 0 Å². The summed E-state index contributed by atoms with van der Waals surface area (Å²) in [6.07, 6.45) is 0. The Morgan fingerprint density at radius 1 is 1.00 bits per heavy atom. The second-order valence-electron chi connectivity index (χ2n) is 6.38. The number of thioether (sulfide) groups is 1. The molecule has 0 amide bonds. The van der Waals surface area contributed by atoms with Crippen LogP contribution in [0.15, 0.2) is 53.5 Å². The second-order valence-corrected chi connectivity index (χ2v) is 10.4. The molecule has 8 heteroatoms. The summed E-state index contributed by atoms with van der Waals surface area (Å²) >= 11 is 13.6. The highest BCUT2D eigenvalue weighted by molar-refractivity contribution is 8.13. The van der Waals surface area contributed by atoms with Crippen LogP contribution in [0.4, 0.5) is 5.69 Å². The lowest BCUT2D eigenvalue weighted by molar-refractivity contribution is 0.601. The lowest BCUT2D eigenvalue weighted by Crippen LogP contribution is -2.39. The Labute approximate surface area is 167 Å². The van der Waals surface area contributed by atoms with Crippen LogP contribution in [-0.2, 0) is 15.6 Å². The molecule has 0 bridgehead atoms. The van der Waals surface area contributed by atoms with Gasteiger partial charge in [-0.25, -0.2) is 8.42 Å². The molecule has 2 heterocycles. The van der Waals surface area contributed by atoms with Crippen LogP contribution in [0.25, 0.3) is 0 Å². The number of nitrogens with zero attached hydrogens (tertiary/aromatic N) is 2. The number of aliphatic imine (C=N–C) groups is 1. The predicted octanol–water partition coefficient (Wildman–Crippen LogP) is 4.27. The van der Waals surface area contributed by atoms with E-state index in [2.05, 4.69) is 0 Å². The topological polar surface area (TPSA) is 49.7 Å². The standard InChI is InChI=1S/C18H16Cl2N2O2S2/c19-13-3-1-12(2-4-13)9-25-18-21-16-10-26(23,24)11-17(16)22(18)15-7-5-14(20)6-8-15/h1-8,16-17H,9-11H2/t16-,17+/m1/s1. The van der Waals surface area contributed by atoms with Gasteiger partial charge in [-0.3, -0.25) is 4.99 Å². The minimum Gasteiger partial charge on any atom is -0.315 e. The largest absolute Gasteiger partial charge is 0.315 e. The predicted molar refractivity (Wildman–Crippen MR) is 110 cm³/mol. The van der Waals surface area contributed by atoms with Crippen molar-refractivity contribution in [3.05, 3.63) is 64.1 Å². The minimum atomic E-state index is -3.05. The van der Waals surface area contributed by atoms with Gasteiger partial charge in [0.25, 0.3) is 0 Å². The summed E-state index contributed by atoms with van der Waals surface area (Å²) in [6, 6.07) is 14.8. The number of sulfone groups is 1. The number of benzene rings is 2. The molecule has 1 saturated heterocycles. The number of anilines is 1. The molecule has 4 nitrogen and oxygen atoms in total. The molecule has 0 saturated carbocycles. The smallest absolute Gasteiger partial charge is 0.164 e. The fraction of sp³-hybridized carbons (Fsp3) is 0.278. The van der Waals surface area contributed by atoms with Gasteiger partial charge in [-0.2, -0.15) is 0 Å². The molecular formula is C18H16Cl2N2O2S2. The van der Waals surface area contributed by atoms with Gasteiger partial charge in [-0.1, -0.05) is 47.1 Å². The quantitative estimate of drug-likeness (QED) is 0.734. The molecule has 2 aliphatic rings. The average molecular weight is 427 g/mol. The van der Waals surface area contributed by atoms with Gasteiger partial charge >= 0.3 is 0 Å². The molecule has 0 N–H and O–H groups in total. The number of hydrogen-bond acceptors (Lipinski definition) is 5. The maximum absolute atomic E-state index is 12.1. The molecule has 26 heavy (non-hydrogen) atoms. The van der Waals surface area contributed by atoms with Gasteiger partial charge in [0.05, 0.1) is 23.6 Å². The van der Waals surface area contributed by atoms with Crippen molar-refractivity contribution in [1.29, 1.82) is 0 Å². The molecular weight excluding hydrogens is 411 g/mol. The second kappa shape index (κ2) is 7.08. The molecule has 2 aromatic rings. The maximum atomic E-state index is 12.1. The Kier molecular flexibility index (Phi) is 4.94. The zero-order valence-electron chi connectivity index (χ0n) is 13.7. The van der Waals surface area contributed by atoms with Gasteiger partial charge in [-0.15, -0.1) is 0 Å². The van der Waals surface area contributed by atoms with Crippen LogP contribution >= 0.6 is 35.0 Å². The first-order valence-corrected chi connectivity index (χ1v) is 11.7. The van der Waals surface area contributed by atoms with E-state index in [1.165, 1.54) is 0 Å². The summed E-state index contributed by atoms with van der Waals surface area (Å²) in [6.45, 7) is 0. The summed E-state index contributed by atoms with van der Waals surface area (Å²) < 4.78 is 24.1. The van der Waals surface area contributed by atoms with E-state index in [4.69, 9.17) is 28.2 Å². The summed E-state index contributed by atoms with van der Waals surface area (Å²) in [5, 5.41) is 2.21. The van der Waals surface area contributed by atoms with Gasteiger partial charge < -0.3 is 4.90 Å². The maximum Gasteiger partial charge on any atom is 0.164 e. The highest BCUT2D eigenvalue weighted by Crippen LogP contribution is 2.36. The first-order valence-electron chi connectivity index (χ1n) is 8.11. The molecule has 0 aromatic heterocycles. The molecule has 0 spiro atoms.